The molecule has 0 atom stereocenters. The lowest BCUT2D eigenvalue weighted by Gasteiger charge is -1.87. The van der Waals surface area contributed by atoms with Gasteiger partial charge >= 0.3 is 5.69 Å². The number of nitrogens with one attached hydrogen (secondary N) is 3. The molecule has 2 rings (SSSR count). The van der Waals surface area contributed by atoms with Crippen LogP contribution in [0.5, 0.6) is 0 Å². The number of aromatic amines is 3. The number of fused-ring (bicyclic) bond motifs is 1. The molecular weight excluding hydrogens is 178 g/mol. The van der Waals surface area contributed by atoms with Crippen LogP contribution in [0.4, 0.5) is 5.95 Å². The van der Waals surface area contributed by atoms with Crippen LogP contribution in [0.1, 0.15) is 0 Å². The van der Waals surface area contributed by atoms with Gasteiger partial charge in [-0.1, -0.05) is 0 Å². The number of nitroso groups, excluding NO2 is 1. The smallest absolute Gasteiger partial charge is 0.300 e. The van der Waals surface area contributed by atoms with Gasteiger partial charge in [-0.3, -0.25) is 19.7 Å². The molecule has 0 aliphatic rings. The van der Waals surface area contributed by atoms with Gasteiger partial charge in [0, 0.05) is 5.18 Å². The summed E-state index contributed by atoms with van der Waals surface area (Å²) in [5, 5.41) is 2.44. The highest BCUT2D eigenvalue weighted by atomic mass is 16.3. The summed E-state index contributed by atoms with van der Waals surface area (Å²) in [6.45, 7) is 0. The van der Waals surface area contributed by atoms with Crippen molar-refractivity contribution < 1.29 is 0 Å². The van der Waals surface area contributed by atoms with Crippen molar-refractivity contribution in [1.29, 1.82) is 0 Å². The minimum atomic E-state index is -0.613. The van der Waals surface area contributed by atoms with Gasteiger partial charge < -0.3 is 0 Å². The van der Waals surface area contributed by atoms with Gasteiger partial charge in [0.25, 0.3) is 11.5 Å². The van der Waals surface area contributed by atoms with E-state index in [0.29, 0.717) is 0 Å². The fourth-order valence-corrected chi connectivity index (χ4v) is 0.963. The summed E-state index contributed by atoms with van der Waals surface area (Å²) < 4.78 is 0. The Morgan fingerprint density at radius 2 is 1.92 bits per heavy atom. The zero-order valence-electron chi connectivity index (χ0n) is 6.12. The first-order chi connectivity index (χ1) is 6.20. The molecule has 0 amide bonds. The summed E-state index contributed by atoms with van der Waals surface area (Å²) in [6.07, 6.45) is 0. The van der Waals surface area contributed by atoms with Crippen molar-refractivity contribution in [3.8, 4) is 0 Å². The average molecular weight is 181 g/mol. The van der Waals surface area contributed by atoms with Gasteiger partial charge in [-0.05, 0) is 0 Å². The fourth-order valence-electron chi connectivity index (χ4n) is 0.963. The molecular formula is C5H3N5O3. The molecule has 66 valence electrons. The van der Waals surface area contributed by atoms with E-state index in [0.717, 1.165) is 0 Å². The first-order valence-electron chi connectivity index (χ1n) is 3.26. The van der Waals surface area contributed by atoms with Crippen LogP contribution in [-0.4, -0.2) is 19.9 Å². The highest BCUT2D eigenvalue weighted by Crippen LogP contribution is 2.02. The van der Waals surface area contributed by atoms with Crippen LogP contribution in [-0.2, 0) is 0 Å². The van der Waals surface area contributed by atoms with Crippen molar-refractivity contribution in [2.45, 2.75) is 0 Å². The van der Waals surface area contributed by atoms with Gasteiger partial charge in [0.05, 0.1) is 0 Å². The van der Waals surface area contributed by atoms with E-state index in [4.69, 9.17) is 0 Å². The largest absolute Gasteiger partial charge is 0.325 e. The van der Waals surface area contributed by atoms with Crippen molar-refractivity contribution in [2.75, 3.05) is 0 Å². The number of hydrogen-bond acceptors (Lipinski definition) is 5. The van der Waals surface area contributed by atoms with E-state index in [2.05, 4.69) is 25.1 Å². The molecule has 8 nitrogen and oxygen atoms in total. The molecule has 3 N–H and O–H groups in total. The van der Waals surface area contributed by atoms with Crippen molar-refractivity contribution in [1.82, 2.24) is 19.9 Å². The van der Waals surface area contributed by atoms with Crippen molar-refractivity contribution in [3.63, 3.8) is 0 Å². The first kappa shape index (κ1) is 7.40. The van der Waals surface area contributed by atoms with Crippen LogP contribution >= 0.6 is 0 Å². The van der Waals surface area contributed by atoms with Crippen molar-refractivity contribution >= 4 is 17.1 Å². The normalized spacial score (nSPS) is 10.5. The molecule has 2 heterocycles. The number of rotatable bonds is 1. The average Bonchev–Trinajstić information content (AvgIpc) is 2.46. The Morgan fingerprint density at radius 3 is 2.62 bits per heavy atom. The Kier molecular flexibility index (Phi) is 1.35. The number of nitrogens with zero attached hydrogens (tertiary/aromatic N) is 2. The predicted molar refractivity (Wildman–Crippen MR) is 42.8 cm³/mol. The van der Waals surface area contributed by atoms with Crippen molar-refractivity contribution in [2.24, 2.45) is 5.18 Å². The monoisotopic (exact) mass is 181 g/mol. The predicted octanol–water partition coefficient (Wildman–Crippen LogP) is -0.663. The highest BCUT2D eigenvalue weighted by molar-refractivity contribution is 5.69. The topological polar surface area (TPSA) is 124 Å². The third-order valence-corrected chi connectivity index (χ3v) is 1.46. The standard InChI is InChI=1S/C5H3N5O3/c11-3-1-2(8-5(12)6-1)7-4(9-3)10-13/h(H3,6,7,8,9,11,12). The molecule has 0 radical (unpaired) electrons. The Labute approximate surface area is 69.0 Å². The van der Waals surface area contributed by atoms with Crippen LogP contribution in [0.15, 0.2) is 14.8 Å². The molecule has 0 spiro atoms. The third kappa shape index (κ3) is 1.04. The van der Waals surface area contributed by atoms with Crippen LogP contribution in [0.2, 0.25) is 0 Å². The van der Waals surface area contributed by atoms with Crippen LogP contribution in [0, 0.1) is 4.91 Å². The molecule has 0 unspecified atom stereocenters. The molecule has 0 aliphatic heterocycles. The fraction of sp³-hybridized carbons (Fsp3) is 0. The van der Waals surface area contributed by atoms with E-state index in [1.54, 1.807) is 0 Å². The minimum absolute atomic E-state index is 0.00241. The maximum absolute atomic E-state index is 11.1. The molecule has 0 aromatic carbocycles. The molecule has 2 aromatic heterocycles. The Balaban J connectivity index is 2.99. The number of imidazole rings is 1. The maximum Gasteiger partial charge on any atom is 0.325 e. The molecule has 0 saturated carbocycles. The zero-order valence-corrected chi connectivity index (χ0v) is 6.12. The first-order valence-corrected chi connectivity index (χ1v) is 3.26. The van der Waals surface area contributed by atoms with E-state index in [1.165, 1.54) is 0 Å². The second-order valence-corrected chi connectivity index (χ2v) is 2.28. The molecule has 0 bridgehead atoms. The Morgan fingerprint density at radius 1 is 1.15 bits per heavy atom. The van der Waals surface area contributed by atoms with Crippen molar-refractivity contribution in [3.05, 3.63) is 25.7 Å². The van der Waals surface area contributed by atoms with E-state index in [-0.39, 0.29) is 17.1 Å². The van der Waals surface area contributed by atoms with Crippen LogP contribution < -0.4 is 11.2 Å². The van der Waals surface area contributed by atoms with E-state index < -0.39 is 11.2 Å². The van der Waals surface area contributed by atoms with E-state index >= 15 is 0 Å². The van der Waals surface area contributed by atoms with Crippen LogP contribution in [0.25, 0.3) is 11.2 Å². The lowest BCUT2D eigenvalue weighted by molar-refractivity contribution is 1.12. The zero-order chi connectivity index (χ0) is 9.42. The summed E-state index contributed by atoms with van der Waals surface area (Å²) in [5.41, 5.74) is -1.16. The second kappa shape index (κ2) is 2.37. The van der Waals surface area contributed by atoms with Gasteiger partial charge in [-0.15, -0.1) is 4.91 Å². The lowest BCUT2D eigenvalue weighted by Crippen LogP contribution is -2.07. The summed E-state index contributed by atoms with van der Waals surface area (Å²) in [6, 6.07) is 0. The molecule has 13 heavy (non-hydrogen) atoms. The highest BCUT2D eigenvalue weighted by Gasteiger charge is 2.06. The quantitative estimate of drug-likeness (QED) is 0.505. The number of H-pyrrole nitrogens is 3. The second-order valence-electron chi connectivity index (χ2n) is 2.28. The molecule has 0 aliphatic carbocycles. The number of hydrogen-bond donors (Lipinski definition) is 3. The summed E-state index contributed by atoms with van der Waals surface area (Å²) in [5.74, 6) is -0.368. The molecule has 0 fully saturated rings. The minimum Gasteiger partial charge on any atom is -0.300 e. The van der Waals surface area contributed by atoms with Gasteiger partial charge in [0.2, 0.25) is 0 Å². The van der Waals surface area contributed by atoms with Gasteiger partial charge in [0.1, 0.15) is 0 Å². The summed E-state index contributed by atoms with van der Waals surface area (Å²) in [7, 11) is 0. The van der Waals surface area contributed by atoms with E-state index in [1.807, 2.05) is 0 Å². The molecule has 2 aromatic rings. The van der Waals surface area contributed by atoms with E-state index in [9.17, 15) is 14.5 Å². The number of aromatic nitrogens is 4. The lowest BCUT2D eigenvalue weighted by atomic mass is 10.5. The Bertz CT molecular complexity index is 576. The molecule has 8 heteroatoms. The maximum atomic E-state index is 11.1. The SMILES string of the molecule is O=Nc1nc2[nH]c(=O)[nH]c2c(=O)[nH]1. The van der Waals surface area contributed by atoms with Gasteiger partial charge in [0.15, 0.2) is 11.2 Å². The van der Waals surface area contributed by atoms with Gasteiger partial charge in [-0.25, -0.2) is 4.79 Å². The van der Waals surface area contributed by atoms with Gasteiger partial charge in [-0.2, -0.15) is 4.98 Å². The summed E-state index contributed by atoms with van der Waals surface area (Å²) in [4.78, 5) is 41.9. The van der Waals surface area contributed by atoms with Crippen LogP contribution in [0.3, 0.4) is 0 Å². The Hall–Kier alpha value is -2.25. The third-order valence-electron chi connectivity index (χ3n) is 1.46. The summed E-state index contributed by atoms with van der Waals surface area (Å²) >= 11 is 0. The molecule has 0 saturated heterocycles.